The Morgan fingerprint density at radius 3 is 2.32 bits per heavy atom. The fraction of sp³-hybridized carbons (Fsp3) is 0.864. The molecule has 1 aliphatic carbocycles. The van der Waals surface area contributed by atoms with Crippen molar-refractivity contribution in [2.75, 3.05) is 33.2 Å². The highest BCUT2D eigenvalue weighted by Crippen LogP contribution is 2.32. The number of carbonyl (C=O) groups excluding carboxylic acids is 3. The lowest BCUT2D eigenvalue weighted by Crippen LogP contribution is -2.49. The van der Waals surface area contributed by atoms with Gasteiger partial charge in [0.25, 0.3) is 0 Å². The van der Waals surface area contributed by atoms with Gasteiger partial charge in [0, 0.05) is 39.5 Å². The third kappa shape index (κ3) is 6.49. The van der Waals surface area contributed by atoms with E-state index < -0.39 is 0 Å². The lowest BCUT2D eigenvalue weighted by Gasteiger charge is -2.40. The van der Waals surface area contributed by atoms with Crippen LogP contribution in [-0.2, 0) is 14.4 Å². The number of carbonyl (C=O) groups is 3. The van der Waals surface area contributed by atoms with Crippen molar-refractivity contribution >= 4 is 17.7 Å². The highest BCUT2D eigenvalue weighted by molar-refractivity contribution is 5.83. The second kappa shape index (κ2) is 10.3. The minimum atomic E-state index is -0.0963. The quantitative estimate of drug-likeness (QED) is 0.689. The number of likely N-dealkylation sites (tertiary alicyclic amines) is 1. The van der Waals surface area contributed by atoms with Crippen LogP contribution < -0.4 is 5.32 Å². The van der Waals surface area contributed by atoms with Crippen molar-refractivity contribution in [1.29, 1.82) is 0 Å². The second-order valence-corrected chi connectivity index (χ2v) is 9.28. The van der Waals surface area contributed by atoms with E-state index in [0.717, 1.165) is 31.6 Å². The summed E-state index contributed by atoms with van der Waals surface area (Å²) < 4.78 is 0. The molecule has 2 aliphatic rings. The molecular formula is C22H39N3O3. The van der Waals surface area contributed by atoms with E-state index in [9.17, 15) is 14.4 Å². The van der Waals surface area contributed by atoms with Crippen molar-refractivity contribution < 1.29 is 14.4 Å². The first-order chi connectivity index (χ1) is 13.2. The van der Waals surface area contributed by atoms with Gasteiger partial charge in [0.2, 0.25) is 17.7 Å². The van der Waals surface area contributed by atoms with E-state index in [2.05, 4.69) is 19.2 Å². The molecule has 6 nitrogen and oxygen atoms in total. The summed E-state index contributed by atoms with van der Waals surface area (Å²) >= 11 is 0. The molecule has 2 rings (SSSR count). The molecule has 0 aromatic heterocycles. The first kappa shape index (κ1) is 22.7. The van der Waals surface area contributed by atoms with Gasteiger partial charge in [0.15, 0.2) is 0 Å². The Morgan fingerprint density at radius 1 is 1.18 bits per heavy atom. The maximum atomic E-state index is 12.7. The molecule has 1 aliphatic heterocycles. The Labute approximate surface area is 170 Å². The third-order valence-corrected chi connectivity index (χ3v) is 6.88. The van der Waals surface area contributed by atoms with Crippen molar-refractivity contribution in [2.45, 2.75) is 72.1 Å². The van der Waals surface area contributed by atoms with Crippen LogP contribution >= 0.6 is 0 Å². The fourth-order valence-electron chi connectivity index (χ4n) is 4.44. The highest BCUT2D eigenvalue weighted by Gasteiger charge is 2.33. The van der Waals surface area contributed by atoms with Gasteiger partial charge in [-0.15, -0.1) is 0 Å². The zero-order chi connectivity index (χ0) is 20.7. The molecule has 0 aromatic carbocycles. The number of amides is 3. The molecular weight excluding hydrogens is 354 g/mol. The number of rotatable bonds is 8. The van der Waals surface area contributed by atoms with E-state index in [1.165, 1.54) is 37.5 Å². The maximum absolute atomic E-state index is 12.7. The van der Waals surface area contributed by atoms with Gasteiger partial charge in [-0.05, 0) is 37.0 Å². The van der Waals surface area contributed by atoms with Crippen LogP contribution in [0.3, 0.4) is 0 Å². The van der Waals surface area contributed by atoms with Crippen LogP contribution in [0.25, 0.3) is 0 Å². The highest BCUT2D eigenvalue weighted by atomic mass is 16.2. The first-order valence-electron chi connectivity index (χ1n) is 11.0. The maximum Gasteiger partial charge on any atom is 0.242 e. The predicted octanol–water partition coefficient (Wildman–Crippen LogP) is 2.82. The molecule has 0 bridgehead atoms. The number of nitrogens with zero attached hydrogens (tertiary/aromatic N) is 2. The van der Waals surface area contributed by atoms with E-state index in [1.54, 1.807) is 7.05 Å². The van der Waals surface area contributed by atoms with Gasteiger partial charge in [0.1, 0.15) is 0 Å². The molecule has 160 valence electrons. The smallest absolute Gasteiger partial charge is 0.242 e. The fourth-order valence-corrected chi connectivity index (χ4v) is 4.44. The standard InChI is InChI=1S/C22H39N3O3/c1-5-19(14-18-8-6-7-9-18)21(28)23-16-22(3)10-12-25(13-11-22)20(27)15-24(4)17(2)26/h18-19H,5-16H2,1-4H3,(H,23,28). The molecule has 1 unspecified atom stereocenters. The molecule has 1 saturated carbocycles. The minimum absolute atomic E-state index is 0.00592. The molecule has 1 atom stereocenters. The zero-order valence-electron chi connectivity index (χ0n) is 18.3. The average Bonchev–Trinajstić information content (AvgIpc) is 3.17. The number of hydrogen-bond donors (Lipinski definition) is 1. The summed E-state index contributed by atoms with van der Waals surface area (Å²) in [7, 11) is 1.65. The van der Waals surface area contributed by atoms with Gasteiger partial charge < -0.3 is 15.1 Å². The molecule has 0 radical (unpaired) electrons. The van der Waals surface area contributed by atoms with Gasteiger partial charge in [-0.3, -0.25) is 14.4 Å². The summed E-state index contributed by atoms with van der Waals surface area (Å²) in [6.07, 6.45) is 8.89. The predicted molar refractivity (Wildman–Crippen MR) is 111 cm³/mol. The zero-order valence-corrected chi connectivity index (χ0v) is 18.3. The lowest BCUT2D eigenvalue weighted by atomic mass is 9.80. The second-order valence-electron chi connectivity index (χ2n) is 9.28. The minimum Gasteiger partial charge on any atom is -0.355 e. The molecule has 2 fully saturated rings. The van der Waals surface area contributed by atoms with Crippen LogP contribution in [0.1, 0.15) is 72.1 Å². The number of nitrogens with one attached hydrogen (secondary N) is 1. The summed E-state index contributed by atoms with van der Waals surface area (Å²) in [5.41, 5.74) is 0.0323. The molecule has 1 heterocycles. The van der Waals surface area contributed by atoms with Crippen LogP contribution in [0.2, 0.25) is 0 Å². The summed E-state index contributed by atoms with van der Waals surface area (Å²) in [6.45, 7) is 7.99. The van der Waals surface area contributed by atoms with Crippen molar-refractivity contribution in [2.24, 2.45) is 17.3 Å². The SMILES string of the molecule is CCC(CC1CCCC1)C(=O)NCC1(C)CCN(C(=O)CN(C)C(C)=O)CC1. The van der Waals surface area contributed by atoms with Gasteiger partial charge in [-0.2, -0.15) is 0 Å². The number of hydrogen-bond acceptors (Lipinski definition) is 3. The van der Waals surface area contributed by atoms with Crippen LogP contribution in [0.15, 0.2) is 0 Å². The van der Waals surface area contributed by atoms with Gasteiger partial charge in [-0.1, -0.05) is 39.5 Å². The van der Waals surface area contributed by atoms with Gasteiger partial charge in [-0.25, -0.2) is 0 Å². The summed E-state index contributed by atoms with van der Waals surface area (Å²) in [4.78, 5) is 39.6. The van der Waals surface area contributed by atoms with Gasteiger partial charge >= 0.3 is 0 Å². The summed E-state index contributed by atoms with van der Waals surface area (Å²) in [5.74, 6) is 0.980. The average molecular weight is 394 g/mol. The van der Waals surface area contributed by atoms with Crippen LogP contribution in [0, 0.1) is 17.3 Å². The summed E-state index contributed by atoms with van der Waals surface area (Å²) in [6, 6.07) is 0. The van der Waals surface area contributed by atoms with E-state index in [1.807, 2.05) is 4.90 Å². The van der Waals surface area contributed by atoms with Crippen molar-refractivity contribution in [1.82, 2.24) is 15.1 Å². The monoisotopic (exact) mass is 393 g/mol. The molecule has 28 heavy (non-hydrogen) atoms. The number of piperidine rings is 1. The first-order valence-corrected chi connectivity index (χ1v) is 11.0. The Balaban J connectivity index is 1.76. The van der Waals surface area contributed by atoms with Crippen LogP contribution in [-0.4, -0.2) is 60.7 Å². The van der Waals surface area contributed by atoms with E-state index in [0.29, 0.717) is 19.6 Å². The third-order valence-electron chi connectivity index (χ3n) is 6.88. The molecule has 6 heteroatoms. The Hall–Kier alpha value is -1.59. The molecule has 3 amide bonds. The Kier molecular flexibility index (Phi) is 8.32. The van der Waals surface area contributed by atoms with Gasteiger partial charge in [0.05, 0.1) is 6.54 Å². The van der Waals surface area contributed by atoms with E-state index in [4.69, 9.17) is 0 Å². The molecule has 1 saturated heterocycles. The Bertz CT molecular complexity index is 549. The molecule has 0 aromatic rings. The lowest BCUT2D eigenvalue weighted by molar-refractivity contribution is -0.140. The normalized spacial score (nSPS) is 20.6. The van der Waals surface area contributed by atoms with Crippen molar-refractivity contribution in [3.05, 3.63) is 0 Å². The van der Waals surface area contributed by atoms with E-state index >= 15 is 0 Å². The molecule has 0 spiro atoms. The van der Waals surface area contributed by atoms with Crippen molar-refractivity contribution in [3.8, 4) is 0 Å². The largest absolute Gasteiger partial charge is 0.355 e. The van der Waals surface area contributed by atoms with Crippen LogP contribution in [0.5, 0.6) is 0 Å². The Morgan fingerprint density at radius 2 is 1.79 bits per heavy atom. The summed E-state index contributed by atoms with van der Waals surface area (Å²) in [5, 5.41) is 3.21. The molecule has 1 N–H and O–H groups in total. The van der Waals surface area contributed by atoms with Crippen LogP contribution in [0.4, 0.5) is 0 Å². The van der Waals surface area contributed by atoms with E-state index in [-0.39, 0.29) is 35.6 Å². The number of likely N-dealkylation sites (N-methyl/N-ethyl adjacent to an activating group) is 1. The topological polar surface area (TPSA) is 69.7 Å². The van der Waals surface area contributed by atoms with Crippen molar-refractivity contribution in [3.63, 3.8) is 0 Å².